The molecule has 5 nitrogen and oxygen atoms in total. The van der Waals surface area contributed by atoms with Crippen LogP contribution in [0.5, 0.6) is 5.75 Å². The summed E-state index contributed by atoms with van der Waals surface area (Å²) in [4.78, 5) is 12.2. The lowest BCUT2D eigenvalue weighted by atomic mass is 9.98. The minimum absolute atomic E-state index is 0.225. The molecule has 1 aliphatic rings. The summed E-state index contributed by atoms with van der Waals surface area (Å²) in [5.74, 6) is 0.225. The molecule has 0 atom stereocenters. The molecule has 0 saturated carbocycles. The lowest BCUT2D eigenvalue weighted by Gasteiger charge is -2.16. The Hall–Kier alpha value is -2.95. The lowest BCUT2D eigenvalue weighted by Crippen LogP contribution is -2.28. The van der Waals surface area contributed by atoms with Gasteiger partial charge in [0.15, 0.2) is 0 Å². The van der Waals surface area contributed by atoms with Crippen LogP contribution in [0, 0.1) is 0 Å². The quantitative estimate of drug-likeness (QED) is 0.787. The van der Waals surface area contributed by atoms with Gasteiger partial charge in [-0.15, -0.1) is 0 Å². The lowest BCUT2D eigenvalue weighted by molar-refractivity contribution is 0.254. The van der Waals surface area contributed by atoms with Gasteiger partial charge in [0.2, 0.25) is 0 Å². The normalized spacial score (nSPS) is 14.3. The van der Waals surface area contributed by atoms with E-state index >= 15 is 0 Å². The van der Waals surface area contributed by atoms with Gasteiger partial charge in [0.25, 0.3) is 0 Å². The molecule has 0 bridgehead atoms. The van der Waals surface area contributed by atoms with E-state index in [9.17, 15) is 9.90 Å². The molecule has 0 fully saturated rings. The van der Waals surface area contributed by atoms with Crippen LogP contribution >= 0.6 is 0 Å². The van der Waals surface area contributed by atoms with Crippen LogP contribution in [0.3, 0.4) is 0 Å². The van der Waals surface area contributed by atoms with E-state index in [-0.39, 0.29) is 11.8 Å². The van der Waals surface area contributed by atoms with Crippen molar-refractivity contribution in [1.29, 1.82) is 0 Å². The predicted molar refractivity (Wildman–Crippen MR) is 95.3 cm³/mol. The third-order valence-corrected chi connectivity index (χ3v) is 4.09. The smallest absolute Gasteiger partial charge is 0.323 e. The molecule has 0 spiro atoms. The van der Waals surface area contributed by atoms with Gasteiger partial charge in [-0.3, -0.25) is 0 Å². The number of rotatable bonds is 3. The van der Waals surface area contributed by atoms with Crippen molar-refractivity contribution in [3.8, 4) is 11.4 Å². The maximum atomic E-state index is 12.2. The number of benzene rings is 1. The molecule has 3 rings (SSSR count). The minimum atomic E-state index is -0.251. The van der Waals surface area contributed by atoms with E-state index in [0.29, 0.717) is 5.69 Å². The number of carbonyl (C=O) groups is 1. The van der Waals surface area contributed by atoms with Crippen molar-refractivity contribution in [1.82, 2.24) is 9.88 Å². The minimum Gasteiger partial charge on any atom is -0.508 e. The van der Waals surface area contributed by atoms with Crippen LogP contribution < -0.4 is 10.6 Å². The first-order valence-corrected chi connectivity index (χ1v) is 7.93. The Morgan fingerprint density at radius 3 is 2.58 bits per heavy atom. The van der Waals surface area contributed by atoms with Crippen molar-refractivity contribution in [2.24, 2.45) is 0 Å². The summed E-state index contributed by atoms with van der Waals surface area (Å²) >= 11 is 0. The molecule has 0 radical (unpaired) electrons. The number of phenolic OH excluding ortho intramolecular Hbond substituents is 1. The topological polar surface area (TPSA) is 66.3 Å². The Kier molecular flexibility index (Phi) is 4.42. The van der Waals surface area contributed by atoms with Gasteiger partial charge in [-0.2, -0.15) is 0 Å². The first-order valence-electron chi connectivity index (χ1n) is 7.93. The van der Waals surface area contributed by atoms with E-state index in [1.165, 1.54) is 11.1 Å². The summed E-state index contributed by atoms with van der Waals surface area (Å²) in [6, 6.07) is 8.45. The van der Waals surface area contributed by atoms with Crippen molar-refractivity contribution in [3.63, 3.8) is 0 Å². The van der Waals surface area contributed by atoms with Gasteiger partial charge < -0.3 is 20.3 Å². The number of nitrogens with one attached hydrogen (secondary N) is 2. The highest BCUT2D eigenvalue weighted by atomic mass is 16.3. The number of hydrogen-bond acceptors (Lipinski definition) is 2. The Labute approximate surface area is 141 Å². The van der Waals surface area contributed by atoms with Gasteiger partial charge in [-0.25, -0.2) is 4.79 Å². The largest absolute Gasteiger partial charge is 0.508 e. The van der Waals surface area contributed by atoms with Crippen LogP contribution in [0.2, 0.25) is 0 Å². The van der Waals surface area contributed by atoms with Crippen molar-refractivity contribution >= 4 is 11.7 Å². The van der Waals surface area contributed by atoms with Crippen molar-refractivity contribution in [2.45, 2.75) is 26.7 Å². The van der Waals surface area contributed by atoms with E-state index in [1.807, 2.05) is 48.2 Å². The number of carbonyl (C=O) groups excluding carboxylic acids is 1. The number of phenols is 1. The van der Waals surface area contributed by atoms with Crippen molar-refractivity contribution in [2.75, 3.05) is 5.32 Å². The zero-order chi connectivity index (χ0) is 17.1. The van der Waals surface area contributed by atoms with E-state index in [1.54, 1.807) is 12.1 Å². The number of amides is 2. The fourth-order valence-electron chi connectivity index (χ4n) is 2.64. The fourth-order valence-corrected chi connectivity index (χ4v) is 2.64. The first-order chi connectivity index (χ1) is 11.5. The van der Waals surface area contributed by atoms with Crippen molar-refractivity contribution in [3.05, 3.63) is 65.6 Å². The zero-order valence-corrected chi connectivity index (χ0v) is 13.8. The molecule has 0 aliphatic heterocycles. The zero-order valence-electron chi connectivity index (χ0n) is 13.8. The van der Waals surface area contributed by atoms with Crippen LogP contribution in [-0.4, -0.2) is 15.7 Å². The summed E-state index contributed by atoms with van der Waals surface area (Å²) in [5, 5.41) is 15.1. The molecule has 1 aromatic heterocycles. The molecule has 24 heavy (non-hydrogen) atoms. The predicted octanol–water partition coefficient (Wildman–Crippen LogP) is 4.32. The molecule has 0 saturated heterocycles. The highest BCUT2D eigenvalue weighted by Gasteiger charge is 2.11. The molecule has 2 amide bonds. The van der Waals surface area contributed by atoms with Gasteiger partial charge in [-0.05, 0) is 68.7 Å². The number of aromatic hydroxyl groups is 1. The van der Waals surface area contributed by atoms with Crippen LogP contribution in [-0.2, 0) is 0 Å². The van der Waals surface area contributed by atoms with Crippen LogP contribution in [0.4, 0.5) is 10.5 Å². The highest BCUT2D eigenvalue weighted by Crippen LogP contribution is 2.22. The molecule has 1 aromatic carbocycles. The summed E-state index contributed by atoms with van der Waals surface area (Å²) in [7, 11) is 0. The molecule has 1 aliphatic carbocycles. The number of hydrogen-bond donors (Lipinski definition) is 3. The average molecular weight is 323 g/mol. The van der Waals surface area contributed by atoms with Crippen LogP contribution in [0.15, 0.2) is 65.6 Å². The van der Waals surface area contributed by atoms with Gasteiger partial charge >= 0.3 is 6.03 Å². The number of anilines is 1. The van der Waals surface area contributed by atoms with Gasteiger partial charge in [0.05, 0.1) is 5.69 Å². The Morgan fingerprint density at radius 1 is 1.08 bits per heavy atom. The molecule has 1 heterocycles. The van der Waals surface area contributed by atoms with E-state index in [2.05, 4.69) is 17.6 Å². The number of allylic oxidation sites excluding steroid dienone is 3. The second-order valence-electron chi connectivity index (χ2n) is 6.09. The first kappa shape index (κ1) is 15.9. The third-order valence-electron chi connectivity index (χ3n) is 4.09. The van der Waals surface area contributed by atoms with Gasteiger partial charge in [0, 0.05) is 23.8 Å². The molecular formula is C19H21N3O2. The Balaban J connectivity index is 1.66. The molecule has 0 unspecified atom stereocenters. The molecule has 124 valence electrons. The van der Waals surface area contributed by atoms with Gasteiger partial charge in [0.1, 0.15) is 5.75 Å². The SMILES string of the molecule is CC1=CC(NC(=O)Nc2ccn(-c3ccc(O)cc3)c2)=C(C)CC1. The standard InChI is InChI=1S/C19H21N3O2/c1-13-3-4-14(2)18(11-13)21-19(24)20-15-9-10-22(12-15)16-5-7-17(23)8-6-16/h5-12,23H,3-4H2,1-2H3,(H2,20,21,24). The maximum absolute atomic E-state index is 12.2. The van der Waals surface area contributed by atoms with Gasteiger partial charge in [-0.1, -0.05) is 5.57 Å². The van der Waals surface area contributed by atoms with E-state index in [4.69, 9.17) is 0 Å². The monoisotopic (exact) mass is 323 g/mol. The second kappa shape index (κ2) is 6.66. The second-order valence-corrected chi connectivity index (χ2v) is 6.09. The fraction of sp³-hybridized carbons (Fsp3) is 0.211. The maximum Gasteiger partial charge on any atom is 0.323 e. The summed E-state index contributed by atoms with van der Waals surface area (Å²) < 4.78 is 1.88. The summed E-state index contributed by atoms with van der Waals surface area (Å²) in [5.41, 5.74) is 4.96. The average Bonchev–Trinajstić information content (AvgIpc) is 3.00. The summed E-state index contributed by atoms with van der Waals surface area (Å²) in [6.45, 7) is 4.11. The number of nitrogens with zero attached hydrogens (tertiary/aromatic N) is 1. The van der Waals surface area contributed by atoms with Crippen molar-refractivity contribution < 1.29 is 9.90 Å². The molecular weight excluding hydrogens is 302 g/mol. The highest BCUT2D eigenvalue weighted by molar-refractivity contribution is 5.90. The Morgan fingerprint density at radius 2 is 1.83 bits per heavy atom. The molecule has 3 N–H and O–H groups in total. The molecule has 5 heteroatoms. The number of urea groups is 1. The van der Waals surface area contributed by atoms with Crippen LogP contribution in [0.1, 0.15) is 26.7 Å². The Bertz CT molecular complexity index is 813. The summed E-state index contributed by atoms with van der Waals surface area (Å²) in [6.07, 6.45) is 7.75. The van der Waals surface area contributed by atoms with E-state index < -0.39 is 0 Å². The molecule has 2 aromatic rings. The number of aromatic nitrogens is 1. The van der Waals surface area contributed by atoms with Crippen LogP contribution in [0.25, 0.3) is 5.69 Å². The van der Waals surface area contributed by atoms with E-state index in [0.717, 1.165) is 24.2 Å². The third kappa shape index (κ3) is 3.68.